The topological polar surface area (TPSA) is 68.7 Å². The van der Waals surface area contributed by atoms with Crippen LogP contribution in [0.2, 0.25) is 0 Å². The Bertz CT molecular complexity index is 913. The minimum Gasteiger partial charge on any atom is -0.382 e. The molecule has 0 radical (unpaired) electrons. The standard InChI is InChI=1S/C23H31N5O3/c1-5-31-15-9-13-26-16(2)17(3)28-19-20(24-22(26)28)25(4)23(30)27(21(19)29)14-12-18-10-7-6-8-11-18/h6-8,10-11,19-20H,5,9,12-15H2,1-4H3. The van der Waals surface area contributed by atoms with E-state index in [0.717, 1.165) is 35.9 Å². The summed E-state index contributed by atoms with van der Waals surface area (Å²) < 4.78 is 5.48. The average molecular weight is 426 g/mol. The number of allylic oxidation sites excluding steroid dienone is 2. The number of fused-ring (bicyclic) bond motifs is 3. The van der Waals surface area contributed by atoms with Crippen LogP contribution in [0.5, 0.6) is 0 Å². The molecule has 8 heteroatoms. The monoisotopic (exact) mass is 425 g/mol. The van der Waals surface area contributed by atoms with Gasteiger partial charge in [-0.1, -0.05) is 30.3 Å². The van der Waals surface area contributed by atoms with E-state index in [4.69, 9.17) is 9.73 Å². The summed E-state index contributed by atoms with van der Waals surface area (Å²) in [6.07, 6.45) is 1.00. The van der Waals surface area contributed by atoms with Crippen molar-refractivity contribution < 1.29 is 14.3 Å². The molecule has 0 saturated carbocycles. The van der Waals surface area contributed by atoms with Crippen molar-refractivity contribution in [3.63, 3.8) is 0 Å². The summed E-state index contributed by atoms with van der Waals surface area (Å²) in [5.41, 5.74) is 3.21. The van der Waals surface area contributed by atoms with Gasteiger partial charge in [0.2, 0.25) is 5.96 Å². The van der Waals surface area contributed by atoms with Gasteiger partial charge in [0.25, 0.3) is 5.91 Å². The van der Waals surface area contributed by atoms with Crippen molar-refractivity contribution in [3.8, 4) is 0 Å². The Morgan fingerprint density at radius 3 is 2.48 bits per heavy atom. The molecular formula is C23H31N5O3. The number of hydrogen-bond acceptors (Lipinski definition) is 6. The van der Waals surface area contributed by atoms with E-state index in [9.17, 15) is 9.59 Å². The van der Waals surface area contributed by atoms with Crippen molar-refractivity contribution in [2.75, 3.05) is 33.4 Å². The number of hydrogen-bond donors (Lipinski definition) is 0. The number of guanidine groups is 1. The Balaban J connectivity index is 1.53. The van der Waals surface area contributed by atoms with Crippen LogP contribution in [0, 0.1) is 0 Å². The minimum atomic E-state index is -0.514. The molecule has 3 aliphatic heterocycles. The molecule has 8 nitrogen and oxygen atoms in total. The fourth-order valence-corrected chi connectivity index (χ4v) is 4.51. The Morgan fingerprint density at radius 2 is 1.77 bits per heavy atom. The first-order chi connectivity index (χ1) is 15.0. The fourth-order valence-electron chi connectivity index (χ4n) is 4.51. The predicted octanol–water partition coefficient (Wildman–Crippen LogP) is 2.48. The van der Waals surface area contributed by atoms with E-state index >= 15 is 0 Å². The van der Waals surface area contributed by atoms with Crippen molar-refractivity contribution in [1.82, 2.24) is 19.6 Å². The number of carbonyl (C=O) groups is 2. The van der Waals surface area contributed by atoms with Gasteiger partial charge in [0, 0.05) is 44.7 Å². The molecule has 3 aliphatic rings. The number of likely N-dealkylation sites (N-methyl/N-ethyl adjacent to an activating group) is 1. The van der Waals surface area contributed by atoms with Crippen LogP contribution in [0.25, 0.3) is 0 Å². The molecule has 2 atom stereocenters. The van der Waals surface area contributed by atoms with Crippen LogP contribution >= 0.6 is 0 Å². The zero-order valence-electron chi connectivity index (χ0n) is 18.7. The van der Waals surface area contributed by atoms with Gasteiger partial charge in [0.1, 0.15) is 0 Å². The van der Waals surface area contributed by atoms with Gasteiger partial charge in [-0.25, -0.2) is 9.79 Å². The average Bonchev–Trinajstić information content (AvgIpc) is 3.27. The number of urea groups is 1. The Hall–Kier alpha value is -2.87. The van der Waals surface area contributed by atoms with Crippen molar-refractivity contribution >= 4 is 17.9 Å². The smallest absolute Gasteiger partial charge is 0.328 e. The summed E-state index contributed by atoms with van der Waals surface area (Å²) in [5, 5.41) is 0. The second kappa shape index (κ2) is 8.70. The first kappa shape index (κ1) is 21.4. The van der Waals surface area contributed by atoms with E-state index in [0.29, 0.717) is 26.2 Å². The van der Waals surface area contributed by atoms with Crippen LogP contribution in [-0.2, 0) is 16.0 Å². The fraction of sp³-hybridized carbons (Fsp3) is 0.522. The number of nitrogens with zero attached hydrogens (tertiary/aromatic N) is 5. The van der Waals surface area contributed by atoms with Crippen LogP contribution in [0.15, 0.2) is 46.7 Å². The maximum Gasteiger partial charge on any atom is 0.328 e. The first-order valence-corrected chi connectivity index (χ1v) is 11.0. The molecule has 0 bridgehead atoms. The first-order valence-electron chi connectivity index (χ1n) is 11.0. The molecule has 3 heterocycles. The highest BCUT2D eigenvalue weighted by Crippen LogP contribution is 2.37. The lowest BCUT2D eigenvalue weighted by atomic mass is 10.1. The molecule has 0 N–H and O–H groups in total. The number of rotatable bonds is 8. The van der Waals surface area contributed by atoms with E-state index in [-0.39, 0.29) is 11.9 Å². The normalized spacial score (nSPS) is 23.0. The van der Waals surface area contributed by atoms with Gasteiger partial charge < -0.3 is 14.5 Å². The Labute approximate surface area is 183 Å². The van der Waals surface area contributed by atoms with Gasteiger partial charge in [-0.3, -0.25) is 14.6 Å². The zero-order chi connectivity index (χ0) is 22.1. The van der Waals surface area contributed by atoms with Crippen molar-refractivity contribution in [1.29, 1.82) is 0 Å². The molecule has 1 saturated heterocycles. The number of amides is 3. The largest absolute Gasteiger partial charge is 0.382 e. The highest BCUT2D eigenvalue weighted by Gasteiger charge is 2.55. The summed E-state index contributed by atoms with van der Waals surface area (Å²) >= 11 is 0. The van der Waals surface area contributed by atoms with Crippen LogP contribution in [0.1, 0.15) is 32.8 Å². The molecule has 0 aliphatic carbocycles. The second-order valence-electron chi connectivity index (χ2n) is 8.15. The summed E-state index contributed by atoms with van der Waals surface area (Å²) in [6, 6.07) is 9.12. The lowest BCUT2D eigenvalue weighted by Crippen LogP contribution is -2.64. The third-order valence-corrected chi connectivity index (χ3v) is 6.34. The molecular weight excluding hydrogens is 394 g/mol. The lowest BCUT2D eigenvalue weighted by molar-refractivity contribution is -0.136. The third-order valence-electron chi connectivity index (χ3n) is 6.34. The summed E-state index contributed by atoms with van der Waals surface area (Å²) in [4.78, 5) is 38.5. The summed E-state index contributed by atoms with van der Waals surface area (Å²) in [7, 11) is 1.74. The number of benzene rings is 1. The van der Waals surface area contributed by atoms with E-state index in [1.807, 2.05) is 49.1 Å². The van der Waals surface area contributed by atoms with Gasteiger partial charge in [-0.2, -0.15) is 0 Å². The molecule has 31 heavy (non-hydrogen) atoms. The molecule has 0 spiro atoms. The molecule has 3 amide bonds. The Morgan fingerprint density at radius 1 is 1.03 bits per heavy atom. The zero-order valence-corrected chi connectivity index (χ0v) is 18.7. The Kier molecular flexibility index (Phi) is 6.00. The molecule has 4 rings (SSSR count). The SMILES string of the molecule is CCOCCCN1C2=NC3C(C(=O)N(CCc4ccccc4)C(=O)N3C)N2C(C)=C1C. The lowest BCUT2D eigenvalue weighted by Gasteiger charge is -2.40. The number of carbonyl (C=O) groups excluding carboxylic acids is 2. The van der Waals surface area contributed by atoms with Gasteiger partial charge >= 0.3 is 6.03 Å². The predicted molar refractivity (Wildman–Crippen MR) is 118 cm³/mol. The van der Waals surface area contributed by atoms with Gasteiger partial charge in [-0.15, -0.1) is 0 Å². The van der Waals surface area contributed by atoms with Crippen LogP contribution < -0.4 is 0 Å². The maximum atomic E-state index is 13.5. The highest BCUT2D eigenvalue weighted by atomic mass is 16.5. The van der Waals surface area contributed by atoms with Gasteiger partial charge in [-0.05, 0) is 39.2 Å². The van der Waals surface area contributed by atoms with Crippen molar-refractivity contribution in [2.45, 2.75) is 45.8 Å². The van der Waals surface area contributed by atoms with E-state index < -0.39 is 12.2 Å². The summed E-state index contributed by atoms with van der Waals surface area (Å²) in [6.45, 7) is 8.57. The molecule has 1 fully saturated rings. The van der Waals surface area contributed by atoms with E-state index in [2.05, 4.69) is 11.8 Å². The minimum absolute atomic E-state index is 0.175. The quantitative estimate of drug-likeness (QED) is 0.599. The van der Waals surface area contributed by atoms with Crippen LogP contribution in [0.4, 0.5) is 4.79 Å². The molecule has 2 unspecified atom stereocenters. The van der Waals surface area contributed by atoms with Crippen molar-refractivity contribution in [2.24, 2.45) is 4.99 Å². The van der Waals surface area contributed by atoms with Crippen molar-refractivity contribution in [3.05, 3.63) is 47.3 Å². The van der Waals surface area contributed by atoms with E-state index in [1.54, 1.807) is 11.9 Å². The molecule has 166 valence electrons. The second-order valence-corrected chi connectivity index (χ2v) is 8.15. The maximum absolute atomic E-state index is 13.5. The van der Waals surface area contributed by atoms with Gasteiger partial charge in [0.15, 0.2) is 12.2 Å². The molecule has 0 aromatic heterocycles. The van der Waals surface area contributed by atoms with Crippen LogP contribution in [-0.4, -0.2) is 83.1 Å². The molecule has 1 aromatic carbocycles. The number of aliphatic imine (C=N–C) groups is 1. The summed E-state index contributed by atoms with van der Waals surface area (Å²) in [5.74, 6) is 0.588. The number of ether oxygens (including phenoxy) is 1. The van der Waals surface area contributed by atoms with E-state index in [1.165, 1.54) is 4.90 Å². The van der Waals surface area contributed by atoms with Crippen LogP contribution in [0.3, 0.4) is 0 Å². The number of imide groups is 1. The third kappa shape index (κ3) is 3.69. The van der Waals surface area contributed by atoms with Gasteiger partial charge in [0.05, 0.1) is 0 Å². The highest BCUT2D eigenvalue weighted by molar-refractivity contribution is 6.05. The molecule has 1 aromatic rings.